The number of nitrogens with two attached hydrogens (primary N) is 1. The molecule has 0 spiro atoms. The quantitative estimate of drug-likeness (QED) is 0.333. The molecule has 0 heterocycles. The molecule has 0 aliphatic heterocycles. The van der Waals surface area contributed by atoms with Crippen molar-refractivity contribution in [3.63, 3.8) is 0 Å². The van der Waals surface area contributed by atoms with Gasteiger partial charge < -0.3 is 21.4 Å². The van der Waals surface area contributed by atoms with Gasteiger partial charge >= 0.3 is 0 Å². The van der Waals surface area contributed by atoms with Crippen LogP contribution < -0.4 is 5.73 Å². The van der Waals surface area contributed by atoms with Crippen LogP contribution >= 0.6 is 0 Å². The van der Waals surface area contributed by atoms with Gasteiger partial charge in [0.05, 0.1) is 5.84 Å². The summed E-state index contributed by atoms with van der Waals surface area (Å²) in [6.45, 7) is 1.76. The minimum absolute atomic E-state index is 0.149. The van der Waals surface area contributed by atoms with E-state index in [1.165, 1.54) is 24.3 Å². The van der Waals surface area contributed by atoms with Crippen LogP contribution in [0.5, 0.6) is 11.5 Å². The van der Waals surface area contributed by atoms with Crippen LogP contribution in [0, 0.1) is 22.5 Å². The number of benzene rings is 2. The summed E-state index contributed by atoms with van der Waals surface area (Å²) in [5.41, 5.74) is 7.54. The maximum atomic E-state index is 12.9. The van der Waals surface area contributed by atoms with Crippen molar-refractivity contribution in [1.29, 1.82) is 10.8 Å². The zero-order chi connectivity index (χ0) is 21.1. The first-order valence-corrected chi connectivity index (χ1v) is 9.00. The third kappa shape index (κ3) is 9.12. The van der Waals surface area contributed by atoms with Gasteiger partial charge in [0, 0.05) is 12.1 Å². The van der Waals surface area contributed by atoms with E-state index in [4.69, 9.17) is 26.8 Å². The molecule has 7 heteroatoms. The molecular formula is C21H27F2N3O2. The molecule has 0 aliphatic rings. The third-order valence-corrected chi connectivity index (χ3v) is 3.95. The predicted molar refractivity (Wildman–Crippen MR) is 107 cm³/mol. The molecule has 0 unspecified atom stereocenters. The Morgan fingerprint density at radius 3 is 1.96 bits per heavy atom. The molecular weight excluding hydrogens is 362 g/mol. The number of phenols is 2. The fourth-order valence-corrected chi connectivity index (χ4v) is 2.46. The molecule has 0 fully saturated rings. The fourth-order valence-electron chi connectivity index (χ4n) is 2.46. The number of hydrogen-bond acceptors (Lipinski definition) is 4. The molecule has 28 heavy (non-hydrogen) atoms. The van der Waals surface area contributed by atoms with Crippen LogP contribution in [0.2, 0.25) is 0 Å². The van der Waals surface area contributed by atoms with Crippen molar-refractivity contribution in [2.45, 2.75) is 45.4 Å². The smallest absolute Gasteiger partial charge is 0.165 e. The predicted octanol–water partition coefficient (Wildman–Crippen LogP) is 4.68. The number of hydrogen-bond donors (Lipinski definition) is 5. The number of rotatable bonds is 8. The Hall–Kier alpha value is -2.96. The van der Waals surface area contributed by atoms with E-state index >= 15 is 0 Å². The van der Waals surface area contributed by atoms with Crippen molar-refractivity contribution in [3.05, 3.63) is 59.2 Å². The Bertz CT molecular complexity index is 743. The maximum Gasteiger partial charge on any atom is 0.165 e. The molecule has 152 valence electrons. The number of aryl methyl sites for hydroxylation is 2. The van der Waals surface area contributed by atoms with Crippen LogP contribution in [-0.2, 0) is 12.8 Å². The van der Waals surface area contributed by atoms with E-state index in [2.05, 4.69) is 0 Å². The lowest BCUT2D eigenvalue weighted by atomic mass is 10.1. The average Bonchev–Trinajstić information content (AvgIpc) is 2.61. The van der Waals surface area contributed by atoms with Gasteiger partial charge in [-0.2, -0.15) is 0 Å². The van der Waals surface area contributed by atoms with Gasteiger partial charge in [0.15, 0.2) is 23.1 Å². The van der Waals surface area contributed by atoms with Gasteiger partial charge in [0.25, 0.3) is 0 Å². The van der Waals surface area contributed by atoms with E-state index in [0.717, 1.165) is 36.8 Å². The highest BCUT2D eigenvalue weighted by Gasteiger charge is 2.02. The van der Waals surface area contributed by atoms with Crippen LogP contribution in [0.25, 0.3) is 0 Å². The molecule has 0 aliphatic carbocycles. The molecule has 0 bridgehead atoms. The Kier molecular flexibility index (Phi) is 9.64. The molecule has 0 aromatic heterocycles. The summed E-state index contributed by atoms with van der Waals surface area (Å²) < 4.78 is 25.5. The zero-order valence-corrected chi connectivity index (χ0v) is 15.9. The average molecular weight is 389 g/mol. The molecule has 6 N–H and O–H groups in total. The molecule has 2 aromatic rings. The van der Waals surface area contributed by atoms with Crippen LogP contribution in [0.4, 0.5) is 8.78 Å². The van der Waals surface area contributed by atoms with Crippen molar-refractivity contribution in [3.8, 4) is 11.5 Å². The summed E-state index contributed by atoms with van der Waals surface area (Å²) in [5, 5.41) is 32.2. The molecule has 5 nitrogen and oxygen atoms in total. The van der Waals surface area contributed by atoms with Gasteiger partial charge in [-0.05, 0) is 74.4 Å². The van der Waals surface area contributed by atoms with Crippen molar-refractivity contribution in [2.24, 2.45) is 5.73 Å². The van der Waals surface area contributed by atoms with Gasteiger partial charge in [-0.25, -0.2) is 8.78 Å². The summed E-state index contributed by atoms with van der Waals surface area (Å²) in [5.74, 6) is -1.67. The molecule has 0 atom stereocenters. The molecule has 0 amide bonds. The largest absolute Gasteiger partial charge is 0.505 e. The van der Waals surface area contributed by atoms with Crippen molar-refractivity contribution in [2.75, 3.05) is 0 Å². The lowest BCUT2D eigenvalue weighted by Gasteiger charge is -2.02. The number of aromatic hydroxyl groups is 2. The monoisotopic (exact) mass is 389 g/mol. The zero-order valence-electron chi connectivity index (χ0n) is 15.9. The summed E-state index contributed by atoms with van der Waals surface area (Å²) >= 11 is 0. The fraction of sp³-hybridized carbons (Fsp3) is 0.333. The van der Waals surface area contributed by atoms with Gasteiger partial charge in [0.1, 0.15) is 0 Å². The first-order valence-electron chi connectivity index (χ1n) is 9.00. The van der Waals surface area contributed by atoms with E-state index in [9.17, 15) is 8.78 Å². The summed E-state index contributed by atoms with van der Waals surface area (Å²) in [7, 11) is 0. The first kappa shape index (κ1) is 23.1. The molecule has 0 saturated carbocycles. The Labute approximate surface area is 163 Å². The SMILES string of the molecule is CC(=N)CCCc1ccc(O)c([18F])c1.N=C(N)CCCc1ccc([18F])c(O)c1. The van der Waals surface area contributed by atoms with Gasteiger partial charge in [-0.3, -0.25) is 5.41 Å². The molecule has 2 rings (SSSR count). The van der Waals surface area contributed by atoms with Crippen LogP contribution in [0.1, 0.15) is 43.7 Å². The second-order valence-electron chi connectivity index (χ2n) is 6.58. The summed E-state index contributed by atoms with van der Waals surface area (Å²) in [6.07, 6.45) is 4.28. The standard InChI is InChI=1S/C11H14FNO.C10H13FN2O/c1-8(13)3-2-4-9-5-6-11(14)10(12)7-9;11-8-5-4-7(6-9(8)14)2-1-3-10(12)13/h5-7,13-14H,2-4H2,1H3;4-6,14H,1-3H2,(H3,12,13)/i12-1;11-1. The van der Waals surface area contributed by atoms with E-state index in [0.29, 0.717) is 18.6 Å². The normalized spacial score (nSPS) is 10.1. The van der Waals surface area contributed by atoms with Crippen LogP contribution in [-0.4, -0.2) is 21.8 Å². The molecule has 0 radical (unpaired) electrons. The molecule has 0 saturated heterocycles. The van der Waals surface area contributed by atoms with Gasteiger partial charge in [-0.15, -0.1) is 0 Å². The summed E-state index contributed by atoms with van der Waals surface area (Å²) in [4.78, 5) is 0. The Morgan fingerprint density at radius 2 is 1.43 bits per heavy atom. The number of nitrogens with one attached hydrogen (secondary N) is 2. The second-order valence-corrected chi connectivity index (χ2v) is 6.58. The van der Waals surface area contributed by atoms with Crippen molar-refractivity contribution >= 4 is 11.5 Å². The minimum Gasteiger partial charge on any atom is -0.505 e. The van der Waals surface area contributed by atoms with Gasteiger partial charge in [-0.1, -0.05) is 12.1 Å². The number of amidine groups is 1. The lowest BCUT2D eigenvalue weighted by molar-refractivity contribution is 0.431. The number of phenolic OH excluding ortho intramolecular Hbond substituents is 2. The molecule has 2 aromatic carbocycles. The van der Waals surface area contributed by atoms with E-state index in [-0.39, 0.29) is 17.3 Å². The maximum absolute atomic E-state index is 12.9. The van der Waals surface area contributed by atoms with E-state index in [1.54, 1.807) is 19.1 Å². The Morgan fingerprint density at radius 1 is 0.857 bits per heavy atom. The highest BCUT2D eigenvalue weighted by molar-refractivity contribution is 5.78. The third-order valence-electron chi connectivity index (χ3n) is 3.95. The minimum atomic E-state index is -0.611. The number of halogens is 2. The van der Waals surface area contributed by atoms with E-state index < -0.39 is 11.6 Å². The van der Waals surface area contributed by atoms with Crippen molar-refractivity contribution < 1.29 is 19.0 Å². The van der Waals surface area contributed by atoms with Crippen molar-refractivity contribution in [1.82, 2.24) is 0 Å². The Balaban J connectivity index is 0.000000280. The lowest BCUT2D eigenvalue weighted by Crippen LogP contribution is -2.09. The van der Waals surface area contributed by atoms with Crippen LogP contribution in [0.15, 0.2) is 36.4 Å². The summed E-state index contributed by atoms with van der Waals surface area (Å²) in [6, 6.07) is 8.66. The highest BCUT2D eigenvalue weighted by atomic mass is 18.2. The topological polar surface area (TPSA) is 114 Å². The van der Waals surface area contributed by atoms with Gasteiger partial charge in [0.2, 0.25) is 0 Å². The first-order chi connectivity index (χ1) is 13.2. The highest BCUT2D eigenvalue weighted by Crippen LogP contribution is 2.18. The van der Waals surface area contributed by atoms with E-state index in [1.807, 2.05) is 0 Å². The second kappa shape index (κ2) is 11.7. The van der Waals surface area contributed by atoms with Crippen LogP contribution in [0.3, 0.4) is 0 Å².